The molecule has 3 heterocycles. The average Bonchev–Trinajstić information content (AvgIpc) is 3.39. The zero-order valence-electron chi connectivity index (χ0n) is 22.4. The minimum absolute atomic E-state index is 0.0910. The lowest BCUT2D eigenvalue weighted by Gasteiger charge is -2.37. The summed E-state index contributed by atoms with van der Waals surface area (Å²) < 4.78 is -1.08. The molecule has 3 aliphatic rings. The van der Waals surface area contributed by atoms with Crippen molar-refractivity contribution in [1.29, 1.82) is 0 Å². The number of carbonyl (C=O) groups excluding carboxylic acids is 3. The second kappa shape index (κ2) is 10.0. The maximum atomic E-state index is 14.2. The summed E-state index contributed by atoms with van der Waals surface area (Å²) in [6.45, 7) is 12.5. The minimum atomic E-state index is -0.749. The number of thioether (sulfide) groups is 1. The lowest BCUT2D eigenvalue weighted by molar-refractivity contribution is -0.143. The molecule has 2 bridgehead atoms. The van der Waals surface area contributed by atoms with Crippen LogP contribution < -0.4 is 10.6 Å². The lowest BCUT2D eigenvalue weighted by Crippen LogP contribution is -2.55. The molecular weight excluding hydrogens is 474 g/mol. The highest BCUT2D eigenvalue weighted by Gasteiger charge is 2.77. The average molecular weight is 516 g/mol. The van der Waals surface area contributed by atoms with Crippen LogP contribution in [-0.4, -0.2) is 62.5 Å². The largest absolute Gasteiger partial charge is 0.394 e. The predicted octanol–water partition coefficient (Wildman–Crippen LogP) is 3.66. The SMILES string of the molecule is CCCNC(=O)[C@H]1[C@H]2C(=O)N([C@@H](CO)CC(C)C)C(C(=O)Nc3cc(C)ccc3C)C23CC[C@]1(C)S3. The standard InChI is InChI=1S/C28H41N3O4S/c1-7-12-29-24(33)21-22-26(35)31(19(15-32)13-16(2)3)23(28(22)11-10-27(21,6)36-28)25(34)30-20-14-17(4)8-9-18(20)5/h8-9,14,16,19,21-23,32H,7,10-13,15H2,1-6H3,(H,29,33)(H,30,34)/t19-,21-,22+,23?,27+,28?/m1/s1. The van der Waals surface area contributed by atoms with Crippen molar-refractivity contribution in [1.82, 2.24) is 10.2 Å². The van der Waals surface area contributed by atoms with Crippen LogP contribution in [0, 0.1) is 31.6 Å². The summed E-state index contributed by atoms with van der Waals surface area (Å²) in [5.74, 6) is -1.31. The Bertz CT molecular complexity index is 1050. The fourth-order valence-electron chi connectivity index (χ4n) is 6.71. The van der Waals surface area contributed by atoms with Crippen LogP contribution in [0.2, 0.25) is 0 Å². The van der Waals surface area contributed by atoms with Gasteiger partial charge in [-0.25, -0.2) is 0 Å². The van der Waals surface area contributed by atoms with Gasteiger partial charge in [0.05, 0.1) is 29.2 Å². The van der Waals surface area contributed by atoms with E-state index in [9.17, 15) is 19.5 Å². The van der Waals surface area contributed by atoms with Crippen molar-refractivity contribution in [2.75, 3.05) is 18.5 Å². The highest BCUT2D eigenvalue weighted by atomic mass is 32.2. The minimum Gasteiger partial charge on any atom is -0.394 e. The number of rotatable bonds is 9. The molecule has 6 atom stereocenters. The Morgan fingerprint density at radius 1 is 1.22 bits per heavy atom. The maximum absolute atomic E-state index is 14.2. The number of hydrogen-bond donors (Lipinski definition) is 3. The van der Waals surface area contributed by atoms with E-state index in [4.69, 9.17) is 0 Å². The van der Waals surface area contributed by atoms with Gasteiger partial charge in [0, 0.05) is 17.0 Å². The van der Waals surface area contributed by atoms with E-state index >= 15 is 0 Å². The predicted molar refractivity (Wildman–Crippen MR) is 144 cm³/mol. The molecule has 3 aliphatic heterocycles. The molecule has 3 saturated heterocycles. The summed E-state index contributed by atoms with van der Waals surface area (Å²) in [4.78, 5) is 43.4. The molecule has 3 amide bonds. The summed E-state index contributed by atoms with van der Waals surface area (Å²) in [7, 11) is 0. The van der Waals surface area contributed by atoms with Crippen LogP contribution in [0.1, 0.15) is 64.5 Å². The molecule has 0 saturated carbocycles. The van der Waals surface area contributed by atoms with E-state index in [1.807, 2.05) is 39.0 Å². The first kappa shape index (κ1) is 27.0. The van der Waals surface area contributed by atoms with Crippen molar-refractivity contribution in [3.63, 3.8) is 0 Å². The van der Waals surface area contributed by atoms with E-state index in [0.29, 0.717) is 19.4 Å². The molecule has 1 spiro atoms. The van der Waals surface area contributed by atoms with Crippen molar-refractivity contribution in [3.8, 4) is 0 Å². The monoisotopic (exact) mass is 515 g/mol. The van der Waals surface area contributed by atoms with Crippen molar-refractivity contribution >= 4 is 35.2 Å². The first-order chi connectivity index (χ1) is 17.0. The molecule has 3 N–H and O–H groups in total. The zero-order valence-corrected chi connectivity index (χ0v) is 23.2. The summed E-state index contributed by atoms with van der Waals surface area (Å²) in [6.07, 6.45) is 2.89. The molecule has 8 heteroatoms. The zero-order chi connectivity index (χ0) is 26.4. The number of hydrogen-bond acceptors (Lipinski definition) is 5. The van der Waals surface area contributed by atoms with E-state index in [1.54, 1.807) is 16.7 Å². The number of nitrogens with one attached hydrogen (secondary N) is 2. The van der Waals surface area contributed by atoms with E-state index < -0.39 is 33.4 Å². The Morgan fingerprint density at radius 3 is 2.58 bits per heavy atom. The molecule has 3 fully saturated rings. The third-order valence-corrected chi connectivity index (χ3v) is 10.3. The Balaban J connectivity index is 1.78. The Hall–Kier alpha value is -2.06. The van der Waals surface area contributed by atoms with Gasteiger partial charge in [-0.2, -0.15) is 0 Å². The van der Waals surface area contributed by atoms with Gasteiger partial charge in [-0.05, 0) is 69.6 Å². The Kier molecular flexibility index (Phi) is 7.50. The highest BCUT2D eigenvalue weighted by Crippen LogP contribution is 2.71. The van der Waals surface area contributed by atoms with Crippen LogP contribution >= 0.6 is 11.8 Å². The van der Waals surface area contributed by atoms with E-state index in [1.165, 1.54) is 0 Å². The van der Waals surface area contributed by atoms with Crippen molar-refractivity contribution < 1.29 is 19.5 Å². The molecule has 1 aromatic carbocycles. The Morgan fingerprint density at radius 2 is 1.94 bits per heavy atom. The Labute approximate surface area is 219 Å². The first-order valence-corrected chi connectivity index (χ1v) is 14.1. The summed E-state index contributed by atoms with van der Waals surface area (Å²) in [6, 6.07) is 4.71. The van der Waals surface area contributed by atoms with Crippen LogP contribution in [0.25, 0.3) is 0 Å². The molecule has 36 heavy (non-hydrogen) atoms. The number of nitrogens with zero attached hydrogens (tertiary/aromatic N) is 1. The molecule has 2 unspecified atom stereocenters. The van der Waals surface area contributed by atoms with Gasteiger partial charge in [-0.3, -0.25) is 14.4 Å². The summed E-state index contributed by atoms with van der Waals surface area (Å²) in [5, 5.41) is 16.5. The fraction of sp³-hybridized carbons (Fsp3) is 0.679. The maximum Gasteiger partial charge on any atom is 0.248 e. The molecule has 0 aromatic heterocycles. The molecule has 0 aliphatic carbocycles. The number of aliphatic hydroxyl groups is 1. The van der Waals surface area contributed by atoms with Crippen molar-refractivity contribution in [2.45, 2.75) is 88.8 Å². The van der Waals surface area contributed by atoms with Gasteiger partial charge < -0.3 is 20.6 Å². The van der Waals surface area contributed by atoms with Crippen molar-refractivity contribution in [3.05, 3.63) is 29.3 Å². The van der Waals surface area contributed by atoms with Gasteiger partial charge >= 0.3 is 0 Å². The smallest absolute Gasteiger partial charge is 0.248 e. The highest BCUT2D eigenvalue weighted by molar-refractivity contribution is 8.02. The second-order valence-electron chi connectivity index (χ2n) is 11.5. The number of likely N-dealkylation sites (tertiary alicyclic amines) is 1. The molecule has 1 aromatic rings. The van der Waals surface area contributed by atoms with Gasteiger partial charge in [0.1, 0.15) is 6.04 Å². The quantitative estimate of drug-likeness (QED) is 0.466. The van der Waals surface area contributed by atoms with Gasteiger partial charge in [0.15, 0.2) is 0 Å². The lowest BCUT2D eigenvalue weighted by atomic mass is 9.66. The third kappa shape index (κ3) is 4.34. The topological polar surface area (TPSA) is 98.7 Å². The molecule has 0 radical (unpaired) electrons. The van der Waals surface area contributed by atoms with Gasteiger partial charge in [0.2, 0.25) is 17.7 Å². The molecule has 198 valence electrons. The number of amides is 3. The van der Waals surface area contributed by atoms with Crippen LogP contribution in [0.15, 0.2) is 18.2 Å². The molecular formula is C28H41N3O4S. The van der Waals surface area contributed by atoms with Gasteiger partial charge in [0.25, 0.3) is 0 Å². The van der Waals surface area contributed by atoms with E-state index in [-0.39, 0.29) is 30.2 Å². The van der Waals surface area contributed by atoms with Gasteiger partial charge in [-0.1, -0.05) is 32.9 Å². The first-order valence-electron chi connectivity index (χ1n) is 13.3. The van der Waals surface area contributed by atoms with Gasteiger partial charge in [-0.15, -0.1) is 11.8 Å². The number of fused-ring (bicyclic) bond motifs is 1. The fourth-order valence-corrected chi connectivity index (χ4v) is 9.05. The van der Waals surface area contributed by atoms with E-state index in [0.717, 1.165) is 29.7 Å². The van der Waals surface area contributed by atoms with Crippen LogP contribution in [0.3, 0.4) is 0 Å². The van der Waals surface area contributed by atoms with Crippen LogP contribution in [0.5, 0.6) is 0 Å². The molecule has 4 rings (SSSR count). The van der Waals surface area contributed by atoms with Crippen LogP contribution in [-0.2, 0) is 14.4 Å². The van der Waals surface area contributed by atoms with Crippen LogP contribution in [0.4, 0.5) is 5.69 Å². The number of benzene rings is 1. The van der Waals surface area contributed by atoms with Crippen molar-refractivity contribution in [2.24, 2.45) is 17.8 Å². The van der Waals surface area contributed by atoms with E-state index in [2.05, 4.69) is 31.4 Å². The number of carbonyl (C=O) groups is 3. The summed E-state index contributed by atoms with van der Waals surface area (Å²) in [5.41, 5.74) is 2.72. The third-order valence-electron chi connectivity index (χ3n) is 8.29. The number of anilines is 1. The number of aryl methyl sites for hydroxylation is 2. The summed E-state index contributed by atoms with van der Waals surface area (Å²) >= 11 is 1.66. The molecule has 7 nitrogen and oxygen atoms in total. The number of aliphatic hydroxyl groups excluding tert-OH is 1. The second-order valence-corrected chi connectivity index (χ2v) is 13.4. The normalized spacial score (nSPS) is 31.6.